The molecule has 1 aliphatic carbocycles. The van der Waals surface area contributed by atoms with Crippen molar-refractivity contribution in [1.82, 2.24) is 24.8 Å². The van der Waals surface area contributed by atoms with Crippen LogP contribution in [-0.2, 0) is 10.2 Å². The molecule has 246 valence electrons. The number of halogens is 2. The minimum atomic E-state index is -0.626. The molecule has 11 heteroatoms. The molecule has 9 nitrogen and oxygen atoms in total. The van der Waals surface area contributed by atoms with Crippen LogP contribution in [0.4, 0.5) is 21.6 Å². The van der Waals surface area contributed by atoms with Crippen LogP contribution in [-0.4, -0.2) is 63.5 Å². The molecule has 0 atom stereocenters. The summed E-state index contributed by atoms with van der Waals surface area (Å²) in [4.78, 5) is 40.7. The number of pyridine rings is 1. The van der Waals surface area contributed by atoms with Crippen LogP contribution in [0.5, 0.6) is 0 Å². The number of aromatic nitrogens is 3. The highest BCUT2D eigenvalue weighted by Gasteiger charge is 2.50. The number of carbonyl (C=O) groups excluding carboxylic acids is 2. The second-order valence-corrected chi connectivity index (χ2v) is 14.3. The third kappa shape index (κ3) is 5.35. The Morgan fingerprint density at radius 1 is 1.06 bits per heavy atom. The summed E-state index contributed by atoms with van der Waals surface area (Å²) in [5, 5.41) is 5.71. The topological polar surface area (TPSA) is 95.4 Å². The van der Waals surface area contributed by atoms with Crippen molar-refractivity contribution in [1.29, 1.82) is 0 Å². The van der Waals surface area contributed by atoms with Crippen molar-refractivity contribution in [2.24, 2.45) is 0 Å². The zero-order valence-electron chi connectivity index (χ0n) is 27.5. The number of likely N-dealkylation sites (tertiary alicyclic amines) is 1. The Morgan fingerprint density at radius 2 is 1.81 bits per heavy atom. The predicted molar refractivity (Wildman–Crippen MR) is 184 cm³/mol. The molecular weight excluding hydrogens is 617 g/mol. The highest BCUT2D eigenvalue weighted by molar-refractivity contribution is 6.34. The molecule has 47 heavy (non-hydrogen) atoms. The SMILES string of the molecule is CNC(=O)c1cc(Nc2nc(-c3ccc4c(c3)N(C3CC(N5CCCCC5)C3)C(=O)C4(C)C)cc3ncn(C(C)C)c23)c(F)cc1Cl. The van der Waals surface area contributed by atoms with Gasteiger partial charge in [0.1, 0.15) is 11.3 Å². The van der Waals surface area contributed by atoms with Gasteiger partial charge in [-0.05, 0) is 96.3 Å². The smallest absolute Gasteiger partial charge is 0.252 e. The van der Waals surface area contributed by atoms with E-state index in [2.05, 4.69) is 26.6 Å². The number of nitrogens with one attached hydrogen (secondary N) is 2. The van der Waals surface area contributed by atoms with Gasteiger partial charge in [0.2, 0.25) is 5.91 Å². The number of anilines is 3. The summed E-state index contributed by atoms with van der Waals surface area (Å²) in [6.07, 6.45) is 7.55. The molecule has 2 amide bonds. The maximum atomic E-state index is 15.3. The van der Waals surface area contributed by atoms with Crippen molar-refractivity contribution in [3.63, 3.8) is 0 Å². The number of carbonyl (C=O) groups is 2. The van der Waals surface area contributed by atoms with Crippen molar-refractivity contribution >= 4 is 51.6 Å². The molecule has 1 saturated heterocycles. The number of imidazole rings is 1. The van der Waals surface area contributed by atoms with Crippen molar-refractivity contribution in [2.75, 3.05) is 30.4 Å². The molecule has 7 rings (SSSR count). The maximum absolute atomic E-state index is 15.3. The maximum Gasteiger partial charge on any atom is 0.252 e. The van der Waals surface area contributed by atoms with Crippen molar-refractivity contribution in [3.05, 3.63) is 64.7 Å². The van der Waals surface area contributed by atoms with E-state index in [1.54, 1.807) is 6.33 Å². The molecule has 2 fully saturated rings. The number of fused-ring (bicyclic) bond motifs is 2. The fourth-order valence-electron chi connectivity index (χ4n) is 7.43. The normalized spacial score (nSPS) is 20.9. The van der Waals surface area contributed by atoms with Gasteiger partial charge in [-0.3, -0.25) is 9.59 Å². The van der Waals surface area contributed by atoms with E-state index in [1.165, 1.54) is 32.4 Å². The van der Waals surface area contributed by atoms with Crippen LogP contribution >= 0.6 is 11.6 Å². The highest BCUT2D eigenvalue weighted by Crippen LogP contribution is 2.48. The van der Waals surface area contributed by atoms with Gasteiger partial charge in [0.05, 0.1) is 39.2 Å². The first-order valence-electron chi connectivity index (χ1n) is 16.6. The number of nitrogens with zero attached hydrogens (tertiary/aromatic N) is 5. The molecule has 3 aliphatic rings. The Balaban J connectivity index is 1.28. The quantitative estimate of drug-likeness (QED) is 0.218. The van der Waals surface area contributed by atoms with Gasteiger partial charge in [-0.1, -0.05) is 30.2 Å². The molecule has 0 bridgehead atoms. The molecule has 0 radical (unpaired) electrons. The van der Waals surface area contributed by atoms with Gasteiger partial charge in [-0.25, -0.2) is 14.4 Å². The lowest BCUT2D eigenvalue weighted by atomic mass is 9.82. The molecule has 0 unspecified atom stereocenters. The standard InChI is InChI=1S/C36H41ClFN7O2/c1-20(2)44-19-40-30-18-28(41-33(32(30)44)42-29-16-24(34(46)39-5)26(37)17-27(29)38)21-9-10-25-31(13-21)45(35(47)36(25,3)4)23-14-22(15-23)43-11-7-6-8-12-43/h9-10,13,16-20,22-23H,6-8,11-12,14-15H2,1-5H3,(H,39,46)(H,41,42). The van der Waals surface area contributed by atoms with Gasteiger partial charge < -0.3 is 25.0 Å². The fraction of sp³-hybridized carbons (Fsp3) is 0.444. The summed E-state index contributed by atoms with van der Waals surface area (Å²) < 4.78 is 17.3. The van der Waals surface area contributed by atoms with Gasteiger partial charge in [0, 0.05) is 36.4 Å². The van der Waals surface area contributed by atoms with Crippen LogP contribution < -0.4 is 15.5 Å². The van der Waals surface area contributed by atoms with Gasteiger partial charge in [-0.2, -0.15) is 0 Å². The Hall–Kier alpha value is -4.02. The van der Waals surface area contributed by atoms with E-state index < -0.39 is 17.1 Å². The molecule has 4 aromatic rings. The first kappa shape index (κ1) is 31.6. The largest absolute Gasteiger partial charge is 0.355 e. The van der Waals surface area contributed by atoms with E-state index in [0.29, 0.717) is 28.6 Å². The van der Waals surface area contributed by atoms with Crippen LogP contribution in [0, 0.1) is 5.82 Å². The third-order valence-electron chi connectivity index (χ3n) is 10.2. The van der Waals surface area contributed by atoms with Crippen molar-refractivity contribution in [2.45, 2.75) is 83.3 Å². The fourth-order valence-corrected chi connectivity index (χ4v) is 7.66. The minimum absolute atomic E-state index is 0.0142. The predicted octanol–water partition coefficient (Wildman–Crippen LogP) is 7.22. The summed E-state index contributed by atoms with van der Waals surface area (Å²) in [5.74, 6) is -0.509. The van der Waals surface area contributed by atoms with Gasteiger partial charge in [0.25, 0.3) is 5.91 Å². The van der Waals surface area contributed by atoms with Crippen LogP contribution in [0.2, 0.25) is 5.02 Å². The molecule has 2 aliphatic heterocycles. The van der Waals surface area contributed by atoms with E-state index >= 15 is 4.39 Å². The molecule has 2 N–H and O–H groups in total. The lowest BCUT2D eigenvalue weighted by molar-refractivity contribution is -0.123. The molecule has 4 heterocycles. The Kier molecular flexibility index (Phi) is 7.99. The Bertz CT molecular complexity index is 1890. The summed E-state index contributed by atoms with van der Waals surface area (Å²) >= 11 is 6.21. The Morgan fingerprint density at radius 3 is 2.51 bits per heavy atom. The van der Waals surface area contributed by atoms with E-state index in [0.717, 1.165) is 48.8 Å². The monoisotopic (exact) mass is 657 g/mol. The number of hydrogen-bond donors (Lipinski definition) is 2. The minimum Gasteiger partial charge on any atom is -0.355 e. The summed E-state index contributed by atoms with van der Waals surface area (Å²) in [7, 11) is 1.50. The Labute approximate surface area is 279 Å². The van der Waals surface area contributed by atoms with Gasteiger partial charge >= 0.3 is 0 Å². The summed E-state index contributed by atoms with van der Waals surface area (Å²) in [6.45, 7) is 10.4. The van der Waals surface area contributed by atoms with E-state index in [9.17, 15) is 9.59 Å². The number of hydrogen-bond acceptors (Lipinski definition) is 6. The van der Waals surface area contributed by atoms with Crippen LogP contribution in [0.3, 0.4) is 0 Å². The number of benzene rings is 2. The van der Waals surface area contributed by atoms with Crippen LogP contribution in [0.25, 0.3) is 22.3 Å². The number of amides is 2. The van der Waals surface area contributed by atoms with Crippen molar-refractivity contribution in [3.8, 4) is 11.3 Å². The molecular formula is C36H41ClFN7O2. The third-order valence-corrected chi connectivity index (χ3v) is 10.5. The first-order chi connectivity index (χ1) is 22.5. The number of rotatable bonds is 7. The zero-order chi connectivity index (χ0) is 33.2. The average molecular weight is 658 g/mol. The second-order valence-electron chi connectivity index (χ2n) is 13.9. The average Bonchev–Trinajstić information content (AvgIpc) is 3.55. The molecule has 0 spiro atoms. The van der Waals surface area contributed by atoms with Crippen LogP contribution in [0.1, 0.15) is 81.8 Å². The first-order valence-corrected chi connectivity index (χ1v) is 16.9. The second kappa shape index (κ2) is 11.9. The van der Waals surface area contributed by atoms with E-state index in [1.807, 2.05) is 55.4 Å². The molecule has 1 saturated carbocycles. The van der Waals surface area contributed by atoms with E-state index in [4.69, 9.17) is 16.6 Å². The number of piperidine rings is 1. The van der Waals surface area contributed by atoms with Crippen molar-refractivity contribution < 1.29 is 14.0 Å². The highest BCUT2D eigenvalue weighted by atomic mass is 35.5. The lowest BCUT2D eigenvalue weighted by Gasteiger charge is -2.48. The lowest BCUT2D eigenvalue weighted by Crippen LogP contribution is -2.57. The molecule has 2 aromatic heterocycles. The van der Waals surface area contributed by atoms with E-state index in [-0.39, 0.29) is 34.3 Å². The zero-order valence-corrected chi connectivity index (χ0v) is 28.3. The summed E-state index contributed by atoms with van der Waals surface area (Å²) in [6, 6.07) is 11.3. The van der Waals surface area contributed by atoms with Crippen LogP contribution in [0.15, 0.2) is 42.7 Å². The molecule has 2 aromatic carbocycles. The summed E-state index contributed by atoms with van der Waals surface area (Å²) in [5.41, 5.74) is 4.39. The van der Waals surface area contributed by atoms with Gasteiger partial charge in [-0.15, -0.1) is 0 Å². The van der Waals surface area contributed by atoms with Gasteiger partial charge in [0.15, 0.2) is 5.82 Å².